The summed E-state index contributed by atoms with van der Waals surface area (Å²) in [6, 6.07) is 0. The highest BCUT2D eigenvalue weighted by atomic mass is 16.4. The Morgan fingerprint density at radius 1 is 1.00 bits per heavy atom. The lowest BCUT2D eigenvalue weighted by Gasteiger charge is -2.41. The van der Waals surface area contributed by atoms with Gasteiger partial charge in [0, 0.05) is 6.61 Å². The minimum absolute atomic E-state index is 0.248. The molecule has 1 saturated carbocycles. The van der Waals surface area contributed by atoms with Gasteiger partial charge in [-0.05, 0) is 43.9 Å². The first kappa shape index (κ1) is 15.5. The first-order valence-corrected chi connectivity index (χ1v) is 7.26. The van der Waals surface area contributed by atoms with Crippen molar-refractivity contribution in [1.82, 2.24) is 0 Å². The molecular formula is C15H28O3. The van der Waals surface area contributed by atoms with Gasteiger partial charge in [0.2, 0.25) is 0 Å². The van der Waals surface area contributed by atoms with Crippen molar-refractivity contribution >= 4 is 5.97 Å². The Morgan fingerprint density at radius 3 is 2.06 bits per heavy atom. The van der Waals surface area contributed by atoms with Crippen LogP contribution in [0.1, 0.15) is 71.6 Å². The van der Waals surface area contributed by atoms with Gasteiger partial charge in [0.15, 0.2) is 0 Å². The van der Waals surface area contributed by atoms with E-state index in [0.717, 1.165) is 57.8 Å². The fraction of sp³-hybridized carbons (Fsp3) is 0.933. The molecule has 3 nitrogen and oxygen atoms in total. The molecule has 0 spiro atoms. The lowest BCUT2D eigenvalue weighted by Crippen LogP contribution is -2.37. The Hall–Kier alpha value is -0.570. The van der Waals surface area contributed by atoms with Gasteiger partial charge in [-0.2, -0.15) is 0 Å². The van der Waals surface area contributed by atoms with Crippen molar-refractivity contribution in [2.24, 2.45) is 10.8 Å². The molecule has 0 heterocycles. The number of rotatable bonds is 7. The molecule has 0 saturated heterocycles. The molecule has 0 aliphatic heterocycles. The van der Waals surface area contributed by atoms with E-state index in [-0.39, 0.29) is 6.61 Å². The number of hydrogen-bond acceptors (Lipinski definition) is 2. The van der Waals surface area contributed by atoms with E-state index in [0.29, 0.717) is 5.41 Å². The summed E-state index contributed by atoms with van der Waals surface area (Å²) in [7, 11) is 0. The summed E-state index contributed by atoms with van der Waals surface area (Å²) in [6.45, 7) is 4.72. The standard InChI is InChI=1S/C15H28O3/c1-14(2)8-10-15(11-9-14,13(17)18)7-5-3-4-6-12-16/h16H,3-12H2,1-2H3,(H,17,18). The number of carboxylic acid groups (broad SMARTS) is 1. The molecule has 0 aromatic carbocycles. The van der Waals surface area contributed by atoms with Crippen LogP contribution in [-0.2, 0) is 4.79 Å². The Morgan fingerprint density at radius 2 is 1.56 bits per heavy atom. The van der Waals surface area contributed by atoms with Crippen LogP contribution in [0.2, 0.25) is 0 Å². The average molecular weight is 256 g/mol. The number of carboxylic acids is 1. The van der Waals surface area contributed by atoms with Crippen molar-refractivity contribution in [2.45, 2.75) is 71.6 Å². The van der Waals surface area contributed by atoms with Crippen LogP contribution in [0.3, 0.4) is 0 Å². The first-order chi connectivity index (χ1) is 8.42. The molecule has 0 amide bonds. The minimum Gasteiger partial charge on any atom is -0.481 e. The Balaban J connectivity index is 2.43. The van der Waals surface area contributed by atoms with Gasteiger partial charge >= 0.3 is 5.97 Å². The van der Waals surface area contributed by atoms with Crippen LogP contribution >= 0.6 is 0 Å². The molecule has 18 heavy (non-hydrogen) atoms. The number of aliphatic hydroxyl groups is 1. The molecule has 0 atom stereocenters. The number of aliphatic carboxylic acids is 1. The molecule has 3 heteroatoms. The van der Waals surface area contributed by atoms with E-state index >= 15 is 0 Å². The SMILES string of the molecule is CC1(C)CCC(CCCCCCO)(C(=O)O)CC1. The summed E-state index contributed by atoms with van der Waals surface area (Å²) in [5.41, 5.74) is -0.148. The molecule has 1 aliphatic rings. The van der Waals surface area contributed by atoms with E-state index in [4.69, 9.17) is 5.11 Å². The van der Waals surface area contributed by atoms with Crippen LogP contribution in [0.25, 0.3) is 0 Å². The molecule has 1 aliphatic carbocycles. The average Bonchev–Trinajstić information content (AvgIpc) is 2.31. The van der Waals surface area contributed by atoms with Crippen LogP contribution in [-0.4, -0.2) is 22.8 Å². The van der Waals surface area contributed by atoms with E-state index in [1.807, 2.05) is 0 Å². The van der Waals surface area contributed by atoms with Crippen molar-refractivity contribution in [1.29, 1.82) is 0 Å². The molecule has 0 aromatic rings. The highest BCUT2D eigenvalue weighted by molar-refractivity contribution is 5.74. The van der Waals surface area contributed by atoms with Gasteiger partial charge in [0.05, 0.1) is 5.41 Å². The summed E-state index contributed by atoms with van der Waals surface area (Å²) in [5, 5.41) is 18.2. The second-order valence-corrected chi connectivity index (χ2v) is 6.64. The van der Waals surface area contributed by atoms with E-state index in [1.54, 1.807) is 0 Å². The van der Waals surface area contributed by atoms with Gasteiger partial charge in [0.1, 0.15) is 0 Å². The van der Waals surface area contributed by atoms with Crippen LogP contribution in [0.4, 0.5) is 0 Å². The maximum atomic E-state index is 11.6. The molecular weight excluding hydrogens is 228 g/mol. The van der Waals surface area contributed by atoms with Crippen LogP contribution in [0.15, 0.2) is 0 Å². The largest absolute Gasteiger partial charge is 0.481 e. The van der Waals surface area contributed by atoms with Crippen LogP contribution in [0, 0.1) is 10.8 Å². The Kier molecular flexibility index (Phi) is 5.64. The topological polar surface area (TPSA) is 57.5 Å². The third kappa shape index (κ3) is 4.27. The van der Waals surface area contributed by atoms with Crippen molar-refractivity contribution in [3.05, 3.63) is 0 Å². The lowest BCUT2D eigenvalue weighted by molar-refractivity contribution is -0.153. The summed E-state index contributed by atoms with van der Waals surface area (Å²) in [4.78, 5) is 11.6. The van der Waals surface area contributed by atoms with Gasteiger partial charge in [0.25, 0.3) is 0 Å². The predicted octanol–water partition coefficient (Wildman–Crippen LogP) is 3.60. The monoisotopic (exact) mass is 256 g/mol. The van der Waals surface area contributed by atoms with E-state index < -0.39 is 11.4 Å². The van der Waals surface area contributed by atoms with Crippen molar-refractivity contribution in [3.8, 4) is 0 Å². The molecule has 1 fully saturated rings. The third-order valence-corrected chi connectivity index (χ3v) is 4.58. The number of aliphatic hydroxyl groups excluding tert-OH is 1. The zero-order chi connectivity index (χ0) is 13.6. The minimum atomic E-state index is -0.597. The summed E-state index contributed by atoms with van der Waals surface area (Å²) in [6.07, 6.45) is 8.39. The smallest absolute Gasteiger partial charge is 0.309 e. The Bertz CT molecular complexity index is 261. The van der Waals surface area contributed by atoms with Gasteiger partial charge < -0.3 is 10.2 Å². The zero-order valence-electron chi connectivity index (χ0n) is 11.9. The molecule has 0 radical (unpaired) electrons. The Labute approximate surface area is 111 Å². The summed E-state index contributed by atoms with van der Waals surface area (Å²) in [5.74, 6) is -0.597. The lowest BCUT2D eigenvalue weighted by atomic mass is 9.63. The van der Waals surface area contributed by atoms with Crippen molar-refractivity contribution in [2.75, 3.05) is 6.61 Å². The van der Waals surface area contributed by atoms with Crippen LogP contribution < -0.4 is 0 Å². The summed E-state index contributed by atoms with van der Waals surface area (Å²) >= 11 is 0. The quantitative estimate of drug-likeness (QED) is 0.684. The highest BCUT2D eigenvalue weighted by Gasteiger charge is 2.43. The third-order valence-electron chi connectivity index (χ3n) is 4.58. The van der Waals surface area contributed by atoms with E-state index in [2.05, 4.69) is 13.8 Å². The van der Waals surface area contributed by atoms with Crippen molar-refractivity contribution < 1.29 is 15.0 Å². The molecule has 0 bridgehead atoms. The van der Waals surface area contributed by atoms with Gasteiger partial charge in [-0.15, -0.1) is 0 Å². The summed E-state index contributed by atoms with van der Waals surface area (Å²) < 4.78 is 0. The maximum absolute atomic E-state index is 11.6. The molecule has 0 aromatic heterocycles. The van der Waals surface area contributed by atoms with E-state index in [1.165, 1.54) is 0 Å². The normalized spacial score (nSPS) is 21.7. The highest BCUT2D eigenvalue weighted by Crippen LogP contribution is 2.47. The number of unbranched alkanes of at least 4 members (excludes halogenated alkanes) is 3. The molecule has 0 unspecified atom stereocenters. The fourth-order valence-corrected chi connectivity index (χ4v) is 2.90. The number of carbonyl (C=O) groups is 1. The van der Waals surface area contributed by atoms with E-state index in [9.17, 15) is 9.90 Å². The zero-order valence-corrected chi connectivity index (χ0v) is 11.9. The number of hydrogen-bond donors (Lipinski definition) is 2. The van der Waals surface area contributed by atoms with Crippen LogP contribution in [0.5, 0.6) is 0 Å². The van der Waals surface area contributed by atoms with Gasteiger partial charge in [-0.25, -0.2) is 0 Å². The predicted molar refractivity (Wildman–Crippen MR) is 72.5 cm³/mol. The maximum Gasteiger partial charge on any atom is 0.309 e. The molecule has 2 N–H and O–H groups in total. The van der Waals surface area contributed by atoms with Crippen molar-refractivity contribution in [3.63, 3.8) is 0 Å². The van der Waals surface area contributed by atoms with Gasteiger partial charge in [-0.3, -0.25) is 4.79 Å². The second-order valence-electron chi connectivity index (χ2n) is 6.64. The molecule has 106 valence electrons. The first-order valence-electron chi connectivity index (χ1n) is 7.26. The van der Waals surface area contributed by atoms with Gasteiger partial charge in [-0.1, -0.05) is 33.1 Å². The fourth-order valence-electron chi connectivity index (χ4n) is 2.90. The second kappa shape index (κ2) is 6.55. The molecule has 1 rings (SSSR count).